The number of carbonyl (C=O) groups is 1. The molecule has 0 aromatic rings. The molecule has 13 heavy (non-hydrogen) atoms. The van der Waals surface area contributed by atoms with Crippen LogP contribution in [0.3, 0.4) is 0 Å². The minimum atomic E-state index is -0.351. The van der Waals surface area contributed by atoms with Crippen molar-refractivity contribution in [2.75, 3.05) is 6.61 Å². The lowest BCUT2D eigenvalue weighted by atomic mass is 10.0. The van der Waals surface area contributed by atoms with Crippen LogP contribution in [0.4, 0.5) is 4.79 Å². The summed E-state index contributed by atoms with van der Waals surface area (Å²) in [6.45, 7) is 6.28. The monoisotopic (exact) mass is 184 g/mol. The SMILES string of the molecule is CCOC(=O)N1C=CC(C)(CC)N1. The van der Waals surface area contributed by atoms with Crippen molar-refractivity contribution in [3.8, 4) is 0 Å². The second-order valence-electron chi connectivity index (χ2n) is 3.27. The van der Waals surface area contributed by atoms with Crippen LogP contribution in [-0.4, -0.2) is 23.2 Å². The van der Waals surface area contributed by atoms with Gasteiger partial charge in [-0.3, -0.25) is 0 Å². The molecule has 1 aliphatic rings. The highest BCUT2D eigenvalue weighted by Gasteiger charge is 2.29. The molecule has 0 aromatic heterocycles. The van der Waals surface area contributed by atoms with E-state index in [1.54, 1.807) is 13.1 Å². The van der Waals surface area contributed by atoms with E-state index in [-0.39, 0.29) is 11.6 Å². The average molecular weight is 184 g/mol. The fourth-order valence-electron chi connectivity index (χ4n) is 1.09. The molecular weight excluding hydrogens is 168 g/mol. The quantitative estimate of drug-likeness (QED) is 0.709. The summed E-state index contributed by atoms with van der Waals surface area (Å²) in [5, 5.41) is 1.38. The van der Waals surface area contributed by atoms with Crippen molar-refractivity contribution in [2.24, 2.45) is 0 Å². The highest BCUT2D eigenvalue weighted by atomic mass is 16.6. The summed E-state index contributed by atoms with van der Waals surface area (Å²) in [6.07, 6.45) is 4.25. The molecule has 1 atom stereocenters. The molecule has 1 aliphatic heterocycles. The molecule has 1 unspecified atom stereocenters. The lowest BCUT2D eigenvalue weighted by Crippen LogP contribution is -2.46. The van der Waals surface area contributed by atoms with Crippen LogP contribution in [0.2, 0.25) is 0 Å². The van der Waals surface area contributed by atoms with Gasteiger partial charge < -0.3 is 4.74 Å². The first-order chi connectivity index (χ1) is 6.11. The van der Waals surface area contributed by atoms with E-state index in [1.165, 1.54) is 5.01 Å². The molecule has 0 bridgehead atoms. The number of hydrogen-bond acceptors (Lipinski definition) is 3. The predicted octanol–water partition coefficient (Wildman–Crippen LogP) is 1.65. The van der Waals surface area contributed by atoms with Crippen molar-refractivity contribution < 1.29 is 9.53 Å². The first kappa shape index (κ1) is 10.1. The molecule has 1 amide bonds. The molecule has 4 heteroatoms. The molecule has 74 valence electrons. The van der Waals surface area contributed by atoms with Gasteiger partial charge in [0.25, 0.3) is 0 Å². The Kier molecular flexibility index (Phi) is 2.93. The number of carbonyl (C=O) groups excluding carboxylic acids is 1. The minimum Gasteiger partial charge on any atom is -0.449 e. The van der Waals surface area contributed by atoms with E-state index in [0.717, 1.165) is 6.42 Å². The zero-order valence-corrected chi connectivity index (χ0v) is 8.33. The molecule has 0 spiro atoms. The number of hydrazine groups is 1. The van der Waals surface area contributed by atoms with Crippen LogP contribution in [0.5, 0.6) is 0 Å². The van der Waals surface area contributed by atoms with Crippen LogP contribution >= 0.6 is 0 Å². The summed E-state index contributed by atoms with van der Waals surface area (Å²) in [7, 11) is 0. The van der Waals surface area contributed by atoms with Crippen LogP contribution in [-0.2, 0) is 4.74 Å². The Hall–Kier alpha value is -1.03. The Morgan fingerprint density at radius 1 is 1.62 bits per heavy atom. The average Bonchev–Trinajstić information content (AvgIpc) is 2.50. The van der Waals surface area contributed by atoms with Gasteiger partial charge in [0.1, 0.15) is 0 Å². The molecule has 1 rings (SSSR count). The molecule has 1 N–H and O–H groups in total. The summed E-state index contributed by atoms with van der Waals surface area (Å²) < 4.78 is 4.84. The van der Waals surface area contributed by atoms with Crippen molar-refractivity contribution in [1.82, 2.24) is 10.4 Å². The molecule has 0 radical (unpaired) electrons. The van der Waals surface area contributed by atoms with Gasteiger partial charge in [0.05, 0.1) is 12.1 Å². The van der Waals surface area contributed by atoms with Crippen LogP contribution in [0.1, 0.15) is 27.2 Å². The zero-order chi connectivity index (χ0) is 9.90. The number of hydrogen-bond donors (Lipinski definition) is 1. The standard InChI is InChI=1S/C9H16N2O2/c1-4-9(3)6-7-11(10-9)8(12)13-5-2/h6-7,10H,4-5H2,1-3H3. The zero-order valence-electron chi connectivity index (χ0n) is 8.33. The number of nitrogens with one attached hydrogen (secondary N) is 1. The van der Waals surface area contributed by atoms with E-state index >= 15 is 0 Å². The minimum absolute atomic E-state index is 0.118. The van der Waals surface area contributed by atoms with Gasteiger partial charge in [-0.15, -0.1) is 0 Å². The second-order valence-corrected chi connectivity index (χ2v) is 3.27. The maximum absolute atomic E-state index is 11.2. The van der Waals surface area contributed by atoms with Crippen LogP contribution < -0.4 is 5.43 Å². The van der Waals surface area contributed by atoms with E-state index in [2.05, 4.69) is 12.3 Å². The van der Waals surface area contributed by atoms with Gasteiger partial charge in [0.15, 0.2) is 0 Å². The number of ether oxygens (including phenoxy) is 1. The summed E-state index contributed by atoms with van der Waals surface area (Å²) in [5.41, 5.74) is 2.93. The normalized spacial score (nSPS) is 26.5. The Bertz CT molecular complexity index is 228. The summed E-state index contributed by atoms with van der Waals surface area (Å²) in [5.74, 6) is 0. The van der Waals surface area contributed by atoms with Crippen LogP contribution in [0.25, 0.3) is 0 Å². The second kappa shape index (κ2) is 3.79. The molecule has 0 aliphatic carbocycles. The maximum atomic E-state index is 11.2. The van der Waals surface area contributed by atoms with E-state index in [1.807, 2.05) is 13.0 Å². The van der Waals surface area contributed by atoms with Gasteiger partial charge in [-0.1, -0.05) is 6.92 Å². The summed E-state index contributed by atoms with van der Waals surface area (Å²) in [6, 6.07) is 0. The van der Waals surface area contributed by atoms with Gasteiger partial charge in [-0.25, -0.2) is 15.2 Å². The highest BCUT2D eigenvalue weighted by Crippen LogP contribution is 2.18. The summed E-state index contributed by atoms with van der Waals surface area (Å²) in [4.78, 5) is 11.2. The van der Waals surface area contributed by atoms with Crippen molar-refractivity contribution >= 4 is 6.09 Å². The van der Waals surface area contributed by atoms with Gasteiger partial charge in [0, 0.05) is 6.20 Å². The first-order valence-corrected chi connectivity index (χ1v) is 4.54. The summed E-state index contributed by atoms with van der Waals surface area (Å²) >= 11 is 0. The lowest BCUT2D eigenvalue weighted by Gasteiger charge is -2.24. The van der Waals surface area contributed by atoms with Gasteiger partial charge in [0.2, 0.25) is 0 Å². The third-order valence-electron chi connectivity index (χ3n) is 2.17. The van der Waals surface area contributed by atoms with Crippen LogP contribution in [0, 0.1) is 0 Å². The smallest absolute Gasteiger partial charge is 0.428 e. The first-order valence-electron chi connectivity index (χ1n) is 4.54. The molecule has 4 nitrogen and oxygen atoms in total. The Balaban J connectivity index is 2.51. The Labute approximate surface area is 78.5 Å². The highest BCUT2D eigenvalue weighted by molar-refractivity contribution is 5.69. The van der Waals surface area contributed by atoms with Crippen molar-refractivity contribution in [3.05, 3.63) is 12.3 Å². The molecule has 1 heterocycles. The third kappa shape index (κ3) is 2.21. The molecule has 0 saturated heterocycles. The van der Waals surface area contributed by atoms with Crippen molar-refractivity contribution in [3.63, 3.8) is 0 Å². The molecule has 0 saturated carbocycles. The number of rotatable bonds is 2. The van der Waals surface area contributed by atoms with E-state index in [9.17, 15) is 4.79 Å². The van der Waals surface area contributed by atoms with Gasteiger partial charge in [-0.2, -0.15) is 0 Å². The third-order valence-corrected chi connectivity index (χ3v) is 2.17. The van der Waals surface area contributed by atoms with Gasteiger partial charge in [-0.05, 0) is 26.3 Å². The van der Waals surface area contributed by atoms with E-state index in [0.29, 0.717) is 6.61 Å². The molecule has 0 aromatic carbocycles. The van der Waals surface area contributed by atoms with Crippen molar-refractivity contribution in [1.29, 1.82) is 0 Å². The van der Waals surface area contributed by atoms with E-state index in [4.69, 9.17) is 4.74 Å². The molecular formula is C9H16N2O2. The largest absolute Gasteiger partial charge is 0.449 e. The lowest BCUT2D eigenvalue weighted by molar-refractivity contribution is 0.101. The maximum Gasteiger partial charge on any atom is 0.428 e. The van der Waals surface area contributed by atoms with Gasteiger partial charge >= 0.3 is 6.09 Å². The Morgan fingerprint density at radius 2 is 2.31 bits per heavy atom. The number of amides is 1. The predicted molar refractivity (Wildman–Crippen MR) is 49.8 cm³/mol. The van der Waals surface area contributed by atoms with E-state index < -0.39 is 0 Å². The molecule has 0 fully saturated rings. The van der Waals surface area contributed by atoms with Crippen molar-refractivity contribution in [2.45, 2.75) is 32.7 Å². The topological polar surface area (TPSA) is 41.6 Å². The Morgan fingerprint density at radius 3 is 2.77 bits per heavy atom. The van der Waals surface area contributed by atoms with Crippen LogP contribution in [0.15, 0.2) is 12.3 Å². The fraction of sp³-hybridized carbons (Fsp3) is 0.667. The fourth-order valence-corrected chi connectivity index (χ4v) is 1.09. The number of nitrogens with zero attached hydrogens (tertiary/aromatic N) is 1.